The molecular weight excluding hydrogens is 296 g/mol. The molecule has 0 N–H and O–H groups in total. The van der Waals surface area contributed by atoms with Crippen LogP contribution in [0.5, 0.6) is 0 Å². The molecule has 2 aromatic carbocycles. The largest absolute Gasteiger partial charge is 0.455 e. The van der Waals surface area contributed by atoms with Crippen LogP contribution in [0.25, 0.3) is 22.6 Å². The second-order valence-electron chi connectivity index (χ2n) is 6.77. The summed E-state index contributed by atoms with van der Waals surface area (Å²) >= 11 is 0. The van der Waals surface area contributed by atoms with Gasteiger partial charge in [-0.3, -0.25) is 0 Å². The molecule has 120 valence electrons. The summed E-state index contributed by atoms with van der Waals surface area (Å²) in [5, 5.41) is 0. The number of hydrogen-bond donors (Lipinski definition) is 0. The smallest absolute Gasteiger partial charge is 0.140 e. The Kier molecular flexibility index (Phi) is 3.30. The third-order valence-corrected chi connectivity index (χ3v) is 5.22. The van der Waals surface area contributed by atoms with Crippen LogP contribution in [0.4, 0.5) is 0 Å². The molecule has 5 rings (SSSR count). The molecule has 0 radical (unpaired) electrons. The van der Waals surface area contributed by atoms with Gasteiger partial charge in [-0.15, -0.1) is 0 Å². The molecule has 2 aliphatic heterocycles. The number of furan rings is 1. The minimum absolute atomic E-state index is 0.184. The highest BCUT2D eigenvalue weighted by Crippen LogP contribution is 2.48. The van der Waals surface area contributed by atoms with Gasteiger partial charge in [0.2, 0.25) is 0 Å². The molecule has 3 heterocycles. The van der Waals surface area contributed by atoms with Crippen LogP contribution in [-0.4, -0.2) is 6.10 Å². The van der Waals surface area contributed by atoms with Crippen LogP contribution in [0.15, 0.2) is 65.1 Å². The van der Waals surface area contributed by atoms with Gasteiger partial charge in [0.1, 0.15) is 11.5 Å². The van der Waals surface area contributed by atoms with Crippen molar-refractivity contribution in [2.24, 2.45) is 0 Å². The fourth-order valence-electron chi connectivity index (χ4n) is 4.14. The first-order chi connectivity index (χ1) is 11.9. The Morgan fingerprint density at radius 3 is 2.12 bits per heavy atom. The van der Waals surface area contributed by atoms with E-state index in [1.807, 2.05) is 6.07 Å². The van der Waals surface area contributed by atoms with Gasteiger partial charge in [-0.05, 0) is 19.3 Å². The minimum atomic E-state index is 0.184. The van der Waals surface area contributed by atoms with Gasteiger partial charge >= 0.3 is 0 Å². The van der Waals surface area contributed by atoms with Crippen LogP contribution in [0.3, 0.4) is 0 Å². The Morgan fingerprint density at radius 1 is 0.750 bits per heavy atom. The van der Waals surface area contributed by atoms with Gasteiger partial charge in [-0.1, -0.05) is 60.7 Å². The van der Waals surface area contributed by atoms with Crippen LogP contribution >= 0.6 is 0 Å². The van der Waals surface area contributed by atoms with Gasteiger partial charge in [-0.25, -0.2) is 0 Å². The lowest BCUT2D eigenvalue weighted by atomic mass is 9.84. The fraction of sp³-hybridized carbons (Fsp3) is 0.273. The van der Waals surface area contributed by atoms with Crippen molar-refractivity contribution in [3.8, 4) is 22.6 Å². The minimum Gasteiger partial charge on any atom is -0.455 e. The van der Waals surface area contributed by atoms with Gasteiger partial charge in [-0.2, -0.15) is 0 Å². The van der Waals surface area contributed by atoms with E-state index >= 15 is 0 Å². The summed E-state index contributed by atoms with van der Waals surface area (Å²) in [4.78, 5) is 0. The summed E-state index contributed by atoms with van der Waals surface area (Å²) in [6.45, 7) is 0. The molecule has 3 aromatic rings. The Morgan fingerprint density at radius 2 is 1.42 bits per heavy atom. The molecule has 2 atom stereocenters. The molecule has 1 fully saturated rings. The van der Waals surface area contributed by atoms with Crippen molar-refractivity contribution in [2.75, 3.05) is 0 Å². The third-order valence-electron chi connectivity index (χ3n) is 5.22. The lowest BCUT2D eigenvalue weighted by Crippen LogP contribution is -2.29. The lowest BCUT2D eigenvalue weighted by molar-refractivity contribution is -0.0611. The molecule has 0 amide bonds. The number of fused-ring (bicyclic) bond motifs is 4. The molecular formula is C22H20O2. The van der Waals surface area contributed by atoms with E-state index in [9.17, 15) is 0 Å². The van der Waals surface area contributed by atoms with E-state index in [-0.39, 0.29) is 6.10 Å². The van der Waals surface area contributed by atoms with Crippen molar-refractivity contribution in [1.82, 2.24) is 0 Å². The molecule has 1 saturated heterocycles. The van der Waals surface area contributed by atoms with Crippen molar-refractivity contribution >= 4 is 0 Å². The molecule has 2 nitrogen and oxygen atoms in total. The average Bonchev–Trinajstić information content (AvgIpc) is 3.03. The summed E-state index contributed by atoms with van der Waals surface area (Å²) in [6, 6.07) is 20.9. The Hall–Kier alpha value is -2.32. The van der Waals surface area contributed by atoms with E-state index in [4.69, 9.17) is 9.15 Å². The van der Waals surface area contributed by atoms with Crippen molar-refractivity contribution < 1.29 is 9.15 Å². The monoisotopic (exact) mass is 316 g/mol. The van der Waals surface area contributed by atoms with Crippen molar-refractivity contribution in [1.29, 1.82) is 0 Å². The maximum Gasteiger partial charge on any atom is 0.140 e. The highest BCUT2D eigenvalue weighted by Gasteiger charge is 2.37. The number of rotatable bonds is 2. The van der Waals surface area contributed by atoms with E-state index in [1.54, 1.807) is 0 Å². The molecule has 0 unspecified atom stereocenters. The molecule has 2 bridgehead atoms. The second kappa shape index (κ2) is 5.64. The fourth-order valence-corrected chi connectivity index (χ4v) is 4.14. The topological polar surface area (TPSA) is 22.4 Å². The molecule has 0 spiro atoms. The zero-order valence-electron chi connectivity index (χ0n) is 13.6. The SMILES string of the molecule is c1ccc(-c2oc(-c3ccccc3)c3c2C[C@@H]2CCC[C@H]3O2)cc1. The molecule has 2 heteroatoms. The normalized spacial score (nSPS) is 22.2. The Labute approximate surface area is 142 Å². The van der Waals surface area contributed by atoms with Gasteiger partial charge in [0.25, 0.3) is 0 Å². The average molecular weight is 316 g/mol. The Bertz CT molecular complexity index is 848. The molecule has 2 aliphatic rings. The van der Waals surface area contributed by atoms with Gasteiger partial charge < -0.3 is 9.15 Å². The number of ether oxygens (including phenoxy) is 1. The zero-order chi connectivity index (χ0) is 15.9. The van der Waals surface area contributed by atoms with Gasteiger partial charge in [0.05, 0.1) is 12.2 Å². The van der Waals surface area contributed by atoms with Crippen molar-refractivity contribution in [3.05, 3.63) is 71.8 Å². The maximum atomic E-state index is 6.47. The molecule has 24 heavy (non-hydrogen) atoms. The number of hydrogen-bond acceptors (Lipinski definition) is 2. The summed E-state index contributed by atoms with van der Waals surface area (Å²) < 4.78 is 12.8. The summed E-state index contributed by atoms with van der Waals surface area (Å²) in [7, 11) is 0. The molecule has 0 aliphatic carbocycles. The quantitative estimate of drug-likeness (QED) is 0.598. The highest BCUT2D eigenvalue weighted by atomic mass is 16.5. The van der Waals surface area contributed by atoms with E-state index in [2.05, 4.69) is 54.6 Å². The maximum absolute atomic E-state index is 6.47. The molecule has 0 saturated carbocycles. The molecule has 1 aromatic heterocycles. The van der Waals surface area contributed by atoms with E-state index in [0.29, 0.717) is 6.10 Å². The van der Waals surface area contributed by atoms with E-state index in [1.165, 1.54) is 17.5 Å². The van der Waals surface area contributed by atoms with Crippen LogP contribution in [0.1, 0.15) is 36.5 Å². The van der Waals surface area contributed by atoms with Crippen LogP contribution in [0.2, 0.25) is 0 Å². The Balaban J connectivity index is 1.74. The van der Waals surface area contributed by atoms with Crippen molar-refractivity contribution in [2.45, 2.75) is 37.9 Å². The van der Waals surface area contributed by atoms with Gasteiger partial charge in [0, 0.05) is 28.7 Å². The highest BCUT2D eigenvalue weighted by molar-refractivity contribution is 5.73. The van der Waals surface area contributed by atoms with Crippen LogP contribution in [0, 0.1) is 0 Å². The van der Waals surface area contributed by atoms with Crippen LogP contribution in [-0.2, 0) is 11.2 Å². The predicted molar refractivity (Wildman–Crippen MR) is 94.7 cm³/mol. The summed E-state index contributed by atoms with van der Waals surface area (Å²) in [5.74, 6) is 2.03. The predicted octanol–water partition coefficient (Wildman–Crippen LogP) is 5.78. The standard InChI is InChI=1S/C22H20O2/c1-3-8-15(9-4-1)21-18-14-17-12-7-13-19(23-17)20(18)22(24-21)16-10-5-2-6-11-16/h1-6,8-11,17,19H,7,12-14H2/t17-,19+/m0/s1. The second-order valence-corrected chi connectivity index (χ2v) is 6.77. The van der Waals surface area contributed by atoms with Gasteiger partial charge in [0.15, 0.2) is 0 Å². The lowest BCUT2D eigenvalue weighted by Gasteiger charge is -2.35. The van der Waals surface area contributed by atoms with E-state index in [0.717, 1.165) is 41.9 Å². The third kappa shape index (κ3) is 2.22. The zero-order valence-corrected chi connectivity index (χ0v) is 13.6. The first kappa shape index (κ1) is 14.1. The summed E-state index contributed by atoms with van der Waals surface area (Å²) in [5.41, 5.74) is 4.96. The summed E-state index contributed by atoms with van der Waals surface area (Å²) in [6.07, 6.45) is 5.00. The number of benzene rings is 2. The van der Waals surface area contributed by atoms with Crippen molar-refractivity contribution in [3.63, 3.8) is 0 Å². The first-order valence-electron chi connectivity index (χ1n) is 8.82. The van der Waals surface area contributed by atoms with E-state index < -0.39 is 0 Å². The van der Waals surface area contributed by atoms with Crippen LogP contribution < -0.4 is 0 Å². The first-order valence-corrected chi connectivity index (χ1v) is 8.82.